The topological polar surface area (TPSA) is 73.2 Å². The van der Waals surface area contributed by atoms with Crippen molar-refractivity contribution in [2.24, 2.45) is 5.92 Å². The maximum atomic E-state index is 12.2. The van der Waals surface area contributed by atoms with Gasteiger partial charge in [0, 0.05) is 37.2 Å². The minimum atomic E-state index is -0.215. The van der Waals surface area contributed by atoms with Gasteiger partial charge in [0.05, 0.1) is 12.5 Å². The highest BCUT2D eigenvalue weighted by molar-refractivity contribution is 7.99. The highest BCUT2D eigenvalue weighted by Crippen LogP contribution is 2.24. The standard InChI is InChI=1S/C13H19N3O3S/c1-8-4-14-13-16(12(8)18)5-10(7-20-13)11(17)15-9(2)6-19-3/h4,9-10H,5-7H2,1-3H3,(H,15,17)/t9-,10+/m0/s1. The molecule has 110 valence electrons. The Bertz CT molecular complexity index is 558. The van der Waals surface area contributed by atoms with E-state index in [1.165, 1.54) is 11.8 Å². The molecular weight excluding hydrogens is 278 g/mol. The number of nitrogens with one attached hydrogen (secondary N) is 1. The zero-order valence-corrected chi connectivity index (χ0v) is 12.7. The fourth-order valence-corrected chi connectivity index (χ4v) is 3.16. The summed E-state index contributed by atoms with van der Waals surface area (Å²) >= 11 is 1.45. The number of rotatable bonds is 4. The highest BCUT2D eigenvalue weighted by atomic mass is 32.2. The Morgan fingerprint density at radius 1 is 1.70 bits per heavy atom. The first-order valence-electron chi connectivity index (χ1n) is 6.51. The first kappa shape index (κ1) is 15.1. The first-order chi connectivity index (χ1) is 9.52. The van der Waals surface area contributed by atoms with Gasteiger partial charge in [-0.15, -0.1) is 0 Å². The number of fused-ring (bicyclic) bond motifs is 1. The number of ether oxygens (including phenoxy) is 1. The van der Waals surface area contributed by atoms with Gasteiger partial charge in [-0.3, -0.25) is 14.2 Å². The molecule has 0 unspecified atom stereocenters. The number of aryl methyl sites for hydroxylation is 1. The largest absolute Gasteiger partial charge is 0.383 e. The van der Waals surface area contributed by atoms with Crippen LogP contribution in [0, 0.1) is 12.8 Å². The van der Waals surface area contributed by atoms with Crippen molar-refractivity contribution in [2.45, 2.75) is 31.6 Å². The lowest BCUT2D eigenvalue weighted by Gasteiger charge is -2.25. The van der Waals surface area contributed by atoms with Crippen LogP contribution in [0.3, 0.4) is 0 Å². The van der Waals surface area contributed by atoms with Crippen LogP contribution in [0.2, 0.25) is 0 Å². The lowest BCUT2D eigenvalue weighted by Crippen LogP contribution is -2.44. The average molecular weight is 297 g/mol. The Morgan fingerprint density at radius 3 is 3.15 bits per heavy atom. The summed E-state index contributed by atoms with van der Waals surface area (Å²) in [5, 5.41) is 3.59. The molecule has 1 aliphatic rings. The van der Waals surface area contributed by atoms with E-state index in [0.717, 1.165) is 0 Å². The van der Waals surface area contributed by atoms with Gasteiger partial charge in [-0.25, -0.2) is 4.98 Å². The lowest BCUT2D eigenvalue weighted by atomic mass is 10.1. The summed E-state index contributed by atoms with van der Waals surface area (Å²) in [6.07, 6.45) is 1.59. The predicted molar refractivity (Wildman–Crippen MR) is 76.9 cm³/mol. The van der Waals surface area contributed by atoms with Crippen LogP contribution in [-0.4, -0.2) is 41.0 Å². The lowest BCUT2D eigenvalue weighted by molar-refractivity contribution is -0.125. The number of hydrogen-bond donors (Lipinski definition) is 1. The summed E-state index contributed by atoms with van der Waals surface area (Å²) < 4.78 is 6.59. The van der Waals surface area contributed by atoms with Gasteiger partial charge < -0.3 is 10.1 Å². The normalized spacial score (nSPS) is 19.2. The van der Waals surface area contributed by atoms with Gasteiger partial charge in [-0.05, 0) is 13.8 Å². The molecule has 2 heterocycles. The van der Waals surface area contributed by atoms with Gasteiger partial charge in [0.15, 0.2) is 5.16 Å². The number of aromatic nitrogens is 2. The number of nitrogens with zero attached hydrogens (tertiary/aromatic N) is 2. The van der Waals surface area contributed by atoms with Crippen LogP contribution in [0.5, 0.6) is 0 Å². The van der Waals surface area contributed by atoms with Crippen molar-refractivity contribution in [1.82, 2.24) is 14.9 Å². The Kier molecular flexibility index (Phi) is 4.82. The molecule has 6 nitrogen and oxygen atoms in total. The van der Waals surface area contributed by atoms with Gasteiger partial charge >= 0.3 is 0 Å². The zero-order valence-electron chi connectivity index (χ0n) is 11.9. The molecule has 0 spiro atoms. The van der Waals surface area contributed by atoms with Crippen molar-refractivity contribution in [2.75, 3.05) is 19.5 Å². The summed E-state index contributed by atoms with van der Waals surface area (Å²) in [4.78, 5) is 28.5. The van der Waals surface area contributed by atoms with Gasteiger partial charge in [0.1, 0.15) is 0 Å². The van der Waals surface area contributed by atoms with Crippen molar-refractivity contribution < 1.29 is 9.53 Å². The second-order valence-corrected chi connectivity index (χ2v) is 6.00. The van der Waals surface area contributed by atoms with Crippen LogP contribution in [0.25, 0.3) is 0 Å². The molecule has 0 aliphatic carbocycles. The molecule has 1 N–H and O–H groups in total. The third-order valence-corrected chi connectivity index (χ3v) is 4.33. The van der Waals surface area contributed by atoms with Crippen molar-refractivity contribution in [3.63, 3.8) is 0 Å². The fraction of sp³-hybridized carbons (Fsp3) is 0.615. The van der Waals surface area contributed by atoms with Crippen LogP contribution in [0.1, 0.15) is 12.5 Å². The van der Waals surface area contributed by atoms with E-state index in [2.05, 4.69) is 10.3 Å². The summed E-state index contributed by atoms with van der Waals surface area (Å²) in [5.41, 5.74) is 0.535. The van der Waals surface area contributed by atoms with Gasteiger partial charge in [0.2, 0.25) is 5.91 Å². The second-order valence-electron chi connectivity index (χ2n) is 5.01. The number of thioether (sulfide) groups is 1. The number of amides is 1. The molecule has 0 saturated heterocycles. The average Bonchev–Trinajstić information content (AvgIpc) is 2.43. The van der Waals surface area contributed by atoms with Crippen molar-refractivity contribution in [3.8, 4) is 0 Å². The Labute approximate surface area is 121 Å². The maximum Gasteiger partial charge on any atom is 0.257 e. The SMILES string of the molecule is COC[C@H](C)NC(=O)[C@H]1CSc2ncc(C)c(=O)n2C1. The second kappa shape index (κ2) is 6.41. The molecule has 0 radical (unpaired) electrons. The summed E-state index contributed by atoms with van der Waals surface area (Å²) in [7, 11) is 1.60. The molecule has 7 heteroatoms. The Morgan fingerprint density at radius 2 is 2.45 bits per heavy atom. The number of hydrogen-bond acceptors (Lipinski definition) is 5. The summed E-state index contributed by atoms with van der Waals surface area (Å²) in [6.45, 7) is 4.49. The number of methoxy groups -OCH3 is 1. The van der Waals surface area contributed by atoms with Gasteiger partial charge in [0.25, 0.3) is 5.56 Å². The fourth-order valence-electron chi connectivity index (χ4n) is 2.11. The van der Waals surface area contributed by atoms with Crippen molar-refractivity contribution in [3.05, 3.63) is 22.1 Å². The molecule has 0 saturated carbocycles. The van der Waals surface area contributed by atoms with Crippen LogP contribution in [0.4, 0.5) is 0 Å². The molecule has 1 aliphatic heterocycles. The Hall–Kier alpha value is -1.34. The summed E-state index contributed by atoms with van der Waals surface area (Å²) in [5.74, 6) is 0.385. The molecule has 1 amide bonds. The smallest absolute Gasteiger partial charge is 0.257 e. The molecule has 2 atom stereocenters. The van der Waals surface area contributed by atoms with E-state index in [-0.39, 0.29) is 23.4 Å². The molecule has 0 bridgehead atoms. The van der Waals surface area contributed by atoms with E-state index >= 15 is 0 Å². The van der Waals surface area contributed by atoms with Crippen LogP contribution >= 0.6 is 11.8 Å². The zero-order chi connectivity index (χ0) is 14.7. The predicted octanol–water partition coefficient (Wildman–Crippen LogP) is 0.425. The molecule has 2 rings (SSSR count). The minimum Gasteiger partial charge on any atom is -0.383 e. The van der Waals surface area contributed by atoms with E-state index < -0.39 is 0 Å². The van der Waals surface area contributed by atoms with E-state index in [1.54, 1.807) is 24.8 Å². The molecule has 0 fully saturated rings. The highest BCUT2D eigenvalue weighted by Gasteiger charge is 2.27. The molecule has 20 heavy (non-hydrogen) atoms. The van der Waals surface area contributed by atoms with Gasteiger partial charge in [-0.1, -0.05) is 11.8 Å². The van der Waals surface area contributed by atoms with Crippen molar-refractivity contribution >= 4 is 17.7 Å². The van der Waals surface area contributed by atoms with Crippen molar-refractivity contribution in [1.29, 1.82) is 0 Å². The van der Waals surface area contributed by atoms with Crippen LogP contribution in [0.15, 0.2) is 16.1 Å². The quantitative estimate of drug-likeness (QED) is 0.816. The summed E-state index contributed by atoms with van der Waals surface area (Å²) in [6, 6.07) is -0.0359. The molecule has 0 aromatic carbocycles. The number of carbonyl (C=O) groups is 1. The van der Waals surface area contributed by atoms with Crippen LogP contribution in [-0.2, 0) is 16.1 Å². The van der Waals surface area contributed by atoms with E-state index in [1.807, 2.05) is 6.92 Å². The van der Waals surface area contributed by atoms with Crippen LogP contribution < -0.4 is 10.9 Å². The Balaban J connectivity index is 2.09. The third-order valence-electron chi connectivity index (χ3n) is 3.17. The van der Waals surface area contributed by atoms with Gasteiger partial charge in [-0.2, -0.15) is 0 Å². The van der Waals surface area contributed by atoms with E-state index in [9.17, 15) is 9.59 Å². The first-order valence-corrected chi connectivity index (χ1v) is 7.50. The van der Waals surface area contributed by atoms with E-state index in [4.69, 9.17) is 4.74 Å². The molecule has 1 aromatic rings. The monoisotopic (exact) mass is 297 g/mol. The number of carbonyl (C=O) groups excluding carboxylic acids is 1. The maximum absolute atomic E-state index is 12.2. The van der Waals surface area contributed by atoms with E-state index in [0.29, 0.717) is 29.6 Å². The molecule has 1 aromatic heterocycles. The molecular formula is C13H19N3O3S. The minimum absolute atomic E-state index is 0.0359. The third kappa shape index (κ3) is 3.21.